The van der Waals surface area contributed by atoms with E-state index in [1.807, 2.05) is 0 Å². The zero-order valence-corrected chi connectivity index (χ0v) is 17.3. The number of fused-ring (bicyclic) bond motifs is 2. The van der Waals surface area contributed by atoms with E-state index in [9.17, 15) is 24.3 Å². The van der Waals surface area contributed by atoms with Crippen LogP contribution in [0.1, 0.15) is 54.7 Å². The molecule has 1 aliphatic rings. The van der Waals surface area contributed by atoms with Crippen LogP contribution < -0.4 is 5.32 Å². The summed E-state index contributed by atoms with van der Waals surface area (Å²) in [5, 5.41) is 12.5. The number of amides is 1. The van der Waals surface area contributed by atoms with Crippen molar-refractivity contribution in [2.75, 3.05) is 5.32 Å². The number of carbonyl (C=O) groups is 4. The first kappa shape index (κ1) is 21.0. The molecule has 0 radical (unpaired) electrons. The van der Waals surface area contributed by atoms with Crippen molar-refractivity contribution in [1.29, 1.82) is 0 Å². The standard InChI is InChI=1S/C25H19NO6/c1-13-7-10-21(27)20(11-13)25(31)32-14(2)24(30)26-15-8-9-18-19(12-15)23(29)17-6-4-3-5-16(17)22(18)28/h3-12,14,27H,1-2H3,(H,26,30). The Morgan fingerprint density at radius 3 is 2.19 bits per heavy atom. The van der Waals surface area contributed by atoms with E-state index in [2.05, 4.69) is 5.32 Å². The number of hydrogen-bond acceptors (Lipinski definition) is 6. The number of nitrogens with one attached hydrogen (secondary N) is 1. The smallest absolute Gasteiger partial charge is 0.342 e. The lowest BCUT2D eigenvalue weighted by atomic mass is 9.84. The Labute approximate surface area is 183 Å². The summed E-state index contributed by atoms with van der Waals surface area (Å²) >= 11 is 0. The van der Waals surface area contributed by atoms with E-state index in [0.717, 1.165) is 5.56 Å². The highest BCUT2D eigenvalue weighted by Gasteiger charge is 2.30. The zero-order chi connectivity index (χ0) is 23.0. The lowest BCUT2D eigenvalue weighted by Gasteiger charge is -2.19. The van der Waals surface area contributed by atoms with Gasteiger partial charge in [-0.15, -0.1) is 0 Å². The largest absolute Gasteiger partial charge is 0.507 e. The van der Waals surface area contributed by atoms with Gasteiger partial charge in [0.1, 0.15) is 11.3 Å². The van der Waals surface area contributed by atoms with Gasteiger partial charge in [-0.2, -0.15) is 0 Å². The molecule has 7 nitrogen and oxygen atoms in total. The van der Waals surface area contributed by atoms with Crippen molar-refractivity contribution >= 4 is 29.1 Å². The average molecular weight is 429 g/mol. The molecule has 0 fully saturated rings. The van der Waals surface area contributed by atoms with E-state index in [1.54, 1.807) is 37.3 Å². The molecule has 0 spiro atoms. The van der Waals surface area contributed by atoms with Gasteiger partial charge < -0.3 is 15.2 Å². The van der Waals surface area contributed by atoms with Crippen LogP contribution in [0, 0.1) is 6.92 Å². The number of aromatic hydroxyl groups is 1. The maximum atomic E-state index is 12.8. The van der Waals surface area contributed by atoms with Crippen molar-refractivity contribution < 1.29 is 29.0 Å². The topological polar surface area (TPSA) is 110 Å². The molecule has 0 aliphatic heterocycles. The minimum Gasteiger partial charge on any atom is -0.507 e. The molecule has 0 saturated carbocycles. The second-order valence-corrected chi connectivity index (χ2v) is 7.52. The highest BCUT2D eigenvalue weighted by molar-refractivity contribution is 6.28. The van der Waals surface area contributed by atoms with Gasteiger partial charge in [-0.25, -0.2) is 4.79 Å². The molecule has 1 amide bonds. The van der Waals surface area contributed by atoms with Gasteiger partial charge in [-0.05, 0) is 44.2 Å². The fourth-order valence-corrected chi connectivity index (χ4v) is 3.51. The van der Waals surface area contributed by atoms with E-state index in [0.29, 0.717) is 11.1 Å². The molecule has 0 bridgehead atoms. The molecule has 4 rings (SSSR count). The molecule has 0 aromatic heterocycles. The summed E-state index contributed by atoms with van der Waals surface area (Å²) in [7, 11) is 0. The van der Waals surface area contributed by atoms with E-state index in [-0.39, 0.29) is 39.7 Å². The van der Waals surface area contributed by atoms with Crippen LogP contribution in [0.5, 0.6) is 5.75 Å². The van der Waals surface area contributed by atoms with Gasteiger partial charge in [0.2, 0.25) is 0 Å². The molecule has 0 saturated heterocycles. The Morgan fingerprint density at radius 2 is 1.50 bits per heavy atom. The first-order valence-electron chi connectivity index (χ1n) is 9.90. The number of benzene rings is 3. The van der Waals surface area contributed by atoms with Crippen LogP contribution in [-0.4, -0.2) is 34.7 Å². The summed E-state index contributed by atoms with van der Waals surface area (Å²) in [4.78, 5) is 50.4. The fraction of sp³-hybridized carbons (Fsp3) is 0.120. The first-order chi connectivity index (χ1) is 15.3. The molecule has 7 heteroatoms. The van der Waals surface area contributed by atoms with Crippen molar-refractivity contribution in [3.63, 3.8) is 0 Å². The fourth-order valence-electron chi connectivity index (χ4n) is 3.51. The maximum Gasteiger partial charge on any atom is 0.342 e. The Balaban J connectivity index is 1.50. The quantitative estimate of drug-likeness (QED) is 0.479. The van der Waals surface area contributed by atoms with Gasteiger partial charge in [0.25, 0.3) is 5.91 Å². The van der Waals surface area contributed by atoms with Crippen molar-refractivity contribution in [3.05, 3.63) is 94.0 Å². The summed E-state index contributed by atoms with van der Waals surface area (Å²) in [6.07, 6.45) is -1.17. The number of carbonyl (C=O) groups excluding carboxylic acids is 4. The molecule has 32 heavy (non-hydrogen) atoms. The van der Waals surface area contributed by atoms with E-state index in [1.165, 1.54) is 37.3 Å². The van der Waals surface area contributed by atoms with Crippen molar-refractivity contribution in [2.45, 2.75) is 20.0 Å². The second-order valence-electron chi connectivity index (χ2n) is 7.52. The molecule has 1 aliphatic carbocycles. The minimum absolute atomic E-state index is 0.0406. The number of ether oxygens (including phenoxy) is 1. The number of phenols is 1. The van der Waals surface area contributed by atoms with Crippen molar-refractivity contribution in [1.82, 2.24) is 0 Å². The second kappa shape index (κ2) is 8.11. The van der Waals surface area contributed by atoms with Crippen LogP contribution in [0.15, 0.2) is 60.7 Å². The Bertz CT molecular complexity index is 1290. The van der Waals surface area contributed by atoms with Gasteiger partial charge in [0.05, 0.1) is 0 Å². The SMILES string of the molecule is Cc1ccc(O)c(C(=O)OC(C)C(=O)Nc2ccc3c(c2)C(=O)c2ccccc2C3=O)c1. The molecule has 1 unspecified atom stereocenters. The van der Waals surface area contributed by atoms with Gasteiger partial charge in [0.15, 0.2) is 17.7 Å². The summed E-state index contributed by atoms with van der Waals surface area (Å²) in [5.74, 6) is -2.27. The zero-order valence-electron chi connectivity index (χ0n) is 17.3. The maximum absolute atomic E-state index is 12.8. The number of esters is 1. The van der Waals surface area contributed by atoms with E-state index < -0.39 is 18.0 Å². The Kier molecular flexibility index (Phi) is 5.32. The molecular formula is C25H19NO6. The number of ketones is 2. The molecule has 2 N–H and O–H groups in total. The van der Waals surface area contributed by atoms with Crippen LogP contribution in [0.2, 0.25) is 0 Å². The number of anilines is 1. The highest BCUT2D eigenvalue weighted by atomic mass is 16.5. The Morgan fingerprint density at radius 1 is 0.875 bits per heavy atom. The van der Waals surface area contributed by atoms with Crippen molar-refractivity contribution in [2.24, 2.45) is 0 Å². The molecule has 3 aromatic carbocycles. The predicted octanol–water partition coefficient (Wildman–Crippen LogP) is 3.66. The molecule has 0 heterocycles. The van der Waals surface area contributed by atoms with Crippen LogP contribution in [0.25, 0.3) is 0 Å². The summed E-state index contributed by atoms with van der Waals surface area (Å²) < 4.78 is 5.17. The molecule has 3 aromatic rings. The monoisotopic (exact) mass is 429 g/mol. The molecule has 1 atom stereocenters. The summed E-state index contributed by atoms with van der Waals surface area (Å²) in [6.45, 7) is 3.15. The molecular weight excluding hydrogens is 410 g/mol. The van der Waals surface area contributed by atoms with Gasteiger partial charge in [0, 0.05) is 27.9 Å². The van der Waals surface area contributed by atoms with Crippen LogP contribution in [-0.2, 0) is 9.53 Å². The van der Waals surface area contributed by atoms with E-state index >= 15 is 0 Å². The summed E-state index contributed by atoms with van der Waals surface area (Å²) in [6, 6.07) is 15.5. The predicted molar refractivity (Wildman–Crippen MR) is 116 cm³/mol. The lowest BCUT2D eigenvalue weighted by molar-refractivity contribution is -0.123. The van der Waals surface area contributed by atoms with Crippen molar-refractivity contribution in [3.8, 4) is 5.75 Å². The first-order valence-corrected chi connectivity index (χ1v) is 9.90. The third-order valence-corrected chi connectivity index (χ3v) is 5.22. The lowest BCUT2D eigenvalue weighted by Crippen LogP contribution is -2.30. The van der Waals surface area contributed by atoms with Crippen LogP contribution >= 0.6 is 0 Å². The normalized spacial score (nSPS) is 13.1. The van der Waals surface area contributed by atoms with Gasteiger partial charge in [-0.1, -0.05) is 35.9 Å². The number of aryl methyl sites for hydroxylation is 1. The third kappa shape index (κ3) is 3.76. The van der Waals surface area contributed by atoms with Gasteiger partial charge >= 0.3 is 5.97 Å². The Hall–Kier alpha value is -4.26. The number of hydrogen-bond donors (Lipinski definition) is 2. The molecule has 160 valence electrons. The van der Waals surface area contributed by atoms with Crippen LogP contribution in [0.4, 0.5) is 5.69 Å². The average Bonchev–Trinajstić information content (AvgIpc) is 2.78. The van der Waals surface area contributed by atoms with E-state index in [4.69, 9.17) is 4.74 Å². The van der Waals surface area contributed by atoms with Crippen LogP contribution in [0.3, 0.4) is 0 Å². The van der Waals surface area contributed by atoms with Gasteiger partial charge in [-0.3, -0.25) is 14.4 Å². The summed E-state index contributed by atoms with van der Waals surface area (Å²) in [5.41, 5.74) is 2.12. The minimum atomic E-state index is -1.17. The number of phenolic OH excluding ortho intramolecular Hbond substituents is 1. The third-order valence-electron chi connectivity index (χ3n) is 5.22. The highest BCUT2D eigenvalue weighted by Crippen LogP contribution is 2.29. The number of rotatable bonds is 4.